The van der Waals surface area contributed by atoms with Crippen LogP contribution in [0.25, 0.3) is 0 Å². The number of terminal acetylenes is 1. The summed E-state index contributed by atoms with van der Waals surface area (Å²) in [6, 6.07) is 8.64. The summed E-state index contributed by atoms with van der Waals surface area (Å²) in [5.74, 6) is 3.76. The van der Waals surface area contributed by atoms with Crippen LogP contribution in [0.4, 0.5) is 0 Å². The summed E-state index contributed by atoms with van der Waals surface area (Å²) in [5, 5.41) is 3.35. The second kappa shape index (κ2) is 10.0. The summed E-state index contributed by atoms with van der Waals surface area (Å²) in [6.07, 6.45) is 7.18. The largest absolute Gasteiger partial charge is 0.383 e. The van der Waals surface area contributed by atoms with E-state index >= 15 is 0 Å². The minimum Gasteiger partial charge on any atom is -0.383 e. The number of hydrogen-bond donors (Lipinski definition) is 1. The summed E-state index contributed by atoms with van der Waals surface area (Å²) in [5.41, 5.74) is 1.31. The topological polar surface area (TPSA) is 21.3 Å². The SMILES string of the molecule is C#CCCCSc1cccc(CNCCOC)c1. The molecule has 0 atom stereocenters. The number of ether oxygens (including phenoxy) is 1. The summed E-state index contributed by atoms with van der Waals surface area (Å²) < 4.78 is 5.00. The van der Waals surface area contributed by atoms with Gasteiger partial charge in [-0.2, -0.15) is 0 Å². The minimum absolute atomic E-state index is 0.751. The van der Waals surface area contributed by atoms with Crippen molar-refractivity contribution in [2.45, 2.75) is 24.3 Å². The first-order valence-corrected chi connectivity index (χ1v) is 7.20. The molecule has 0 radical (unpaired) electrons. The van der Waals surface area contributed by atoms with E-state index in [2.05, 4.69) is 35.5 Å². The fourth-order valence-electron chi connectivity index (χ4n) is 1.52. The highest BCUT2D eigenvalue weighted by molar-refractivity contribution is 7.99. The molecule has 18 heavy (non-hydrogen) atoms. The van der Waals surface area contributed by atoms with Gasteiger partial charge in [0, 0.05) is 31.5 Å². The average Bonchev–Trinajstić information content (AvgIpc) is 2.40. The minimum atomic E-state index is 0.751. The molecule has 0 spiro atoms. The maximum Gasteiger partial charge on any atom is 0.0587 e. The molecule has 0 saturated heterocycles. The number of thioether (sulfide) groups is 1. The maximum atomic E-state index is 5.23. The van der Waals surface area contributed by atoms with Crippen LogP contribution in [-0.4, -0.2) is 26.0 Å². The fraction of sp³-hybridized carbons (Fsp3) is 0.467. The molecular formula is C15H21NOS. The zero-order valence-corrected chi connectivity index (χ0v) is 11.8. The van der Waals surface area contributed by atoms with Crippen LogP contribution in [0.3, 0.4) is 0 Å². The predicted molar refractivity (Wildman–Crippen MR) is 78.8 cm³/mol. The first-order chi connectivity index (χ1) is 8.86. The van der Waals surface area contributed by atoms with E-state index in [0.29, 0.717) is 0 Å². The van der Waals surface area contributed by atoms with Gasteiger partial charge < -0.3 is 10.1 Å². The predicted octanol–water partition coefficient (Wildman–Crippen LogP) is 2.93. The van der Waals surface area contributed by atoms with Crippen molar-refractivity contribution in [1.82, 2.24) is 5.32 Å². The Labute approximate surface area is 115 Å². The normalized spacial score (nSPS) is 10.2. The molecule has 3 heteroatoms. The average molecular weight is 263 g/mol. The van der Waals surface area contributed by atoms with Gasteiger partial charge >= 0.3 is 0 Å². The fourth-order valence-corrected chi connectivity index (χ4v) is 2.45. The van der Waals surface area contributed by atoms with Gasteiger partial charge in [-0.1, -0.05) is 12.1 Å². The zero-order valence-electron chi connectivity index (χ0n) is 10.9. The van der Waals surface area contributed by atoms with Gasteiger partial charge in [0.15, 0.2) is 0 Å². The molecule has 0 bridgehead atoms. The molecular weight excluding hydrogens is 242 g/mol. The number of nitrogens with one attached hydrogen (secondary N) is 1. The summed E-state index contributed by atoms with van der Waals surface area (Å²) in [7, 11) is 1.72. The Kier molecular flexibility index (Phi) is 8.41. The third kappa shape index (κ3) is 6.70. The van der Waals surface area contributed by atoms with E-state index in [1.54, 1.807) is 7.11 Å². The Morgan fingerprint density at radius 2 is 2.33 bits per heavy atom. The second-order valence-electron chi connectivity index (χ2n) is 3.97. The molecule has 0 aliphatic heterocycles. The molecule has 0 unspecified atom stereocenters. The van der Waals surface area contributed by atoms with Gasteiger partial charge in [0.2, 0.25) is 0 Å². The van der Waals surface area contributed by atoms with Gasteiger partial charge in [-0.25, -0.2) is 0 Å². The third-order valence-corrected chi connectivity index (χ3v) is 3.52. The Balaban J connectivity index is 2.30. The van der Waals surface area contributed by atoms with Gasteiger partial charge in [0.25, 0.3) is 0 Å². The third-order valence-electron chi connectivity index (χ3n) is 2.44. The van der Waals surface area contributed by atoms with Crippen molar-refractivity contribution >= 4 is 11.8 Å². The maximum absolute atomic E-state index is 5.23. The molecule has 1 aromatic carbocycles. The van der Waals surface area contributed by atoms with Crippen LogP contribution in [0.5, 0.6) is 0 Å². The van der Waals surface area contributed by atoms with Crippen molar-refractivity contribution < 1.29 is 4.74 Å². The first-order valence-electron chi connectivity index (χ1n) is 6.21. The number of hydrogen-bond acceptors (Lipinski definition) is 3. The number of benzene rings is 1. The Hall–Kier alpha value is -0.950. The lowest BCUT2D eigenvalue weighted by atomic mass is 10.2. The van der Waals surface area contributed by atoms with Crippen molar-refractivity contribution in [3.8, 4) is 12.3 Å². The van der Waals surface area contributed by atoms with Crippen molar-refractivity contribution in [2.75, 3.05) is 26.0 Å². The highest BCUT2D eigenvalue weighted by Gasteiger charge is 1.97. The van der Waals surface area contributed by atoms with Crippen molar-refractivity contribution in [1.29, 1.82) is 0 Å². The Morgan fingerprint density at radius 3 is 3.11 bits per heavy atom. The Morgan fingerprint density at radius 1 is 1.44 bits per heavy atom. The van der Waals surface area contributed by atoms with E-state index in [1.807, 2.05) is 11.8 Å². The van der Waals surface area contributed by atoms with Crippen LogP contribution in [0.15, 0.2) is 29.2 Å². The second-order valence-corrected chi connectivity index (χ2v) is 5.14. The molecule has 0 amide bonds. The molecule has 0 fully saturated rings. The molecule has 0 aliphatic rings. The van der Waals surface area contributed by atoms with Crippen molar-refractivity contribution in [3.05, 3.63) is 29.8 Å². The summed E-state index contributed by atoms with van der Waals surface area (Å²) >= 11 is 1.87. The lowest BCUT2D eigenvalue weighted by molar-refractivity contribution is 0.199. The van der Waals surface area contributed by atoms with E-state index in [9.17, 15) is 0 Å². The molecule has 0 aliphatic carbocycles. The van der Waals surface area contributed by atoms with E-state index in [1.165, 1.54) is 10.5 Å². The lowest BCUT2D eigenvalue weighted by Crippen LogP contribution is -2.18. The highest BCUT2D eigenvalue weighted by Crippen LogP contribution is 2.20. The Bertz CT molecular complexity index is 373. The van der Waals surface area contributed by atoms with E-state index in [-0.39, 0.29) is 0 Å². The van der Waals surface area contributed by atoms with Crippen LogP contribution in [0.1, 0.15) is 18.4 Å². The van der Waals surface area contributed by atoms with E-state index < -0.39 is 0 Å². The summed E-state index contributed by atoms with van der Waals surface area (Å²) in [6.45, 7) is 2.53. The molecule has 1 N–H and O–H groups in total. The van der Waals surface area contributed by atoms with Crippen molar-refractivity contribution in [2.24, 2.45) is 0 Å². The quantitative estimate of drug-likeness (QED) is 0.420. The number of rotatable bonds is 9. The smallest absolute Gasteiger partial charge is 0.0587 e. The first kappa shape index (κ1) is 15.1. The van der Waals surface area contributed by atoms with Crippen LogP contribution < -0.4 is 5.32 Å². The molecule has 0 aromatic heterocycles. The van der Waals surface area contributed by atoms with Gasteiger partial charge in [-0.3, -0.25) is 0 Å². The monoisotopic (exact) mass is 263 g/mol. The molecule has 0 saturated carbocycles. The molecule has 2 nitrogen and oxygen atoms in total. The molecule has 1 rings (SSSR count). The highest BCUT2D eigenvalue weighted by atomic mass is 32.2. The van der Waals surface area contributed by atoms with Crippen LogP contribution in [0.2, 0.25) is 0 Å². The van der Waals surface area contributed by atoms with E-state index in [4.69, 9.17) is 11.2 Å². The standard InChI is InChI=1S/C15H21NOS/c1-3-4-5-11-18-15-8-6-7-14(12-15)13-16-9-10-17-2/h1,6-8,12,16H,4-5,9-11,13H2,2H3. The van der Waals surface area contributed by atoms with Crippen LogP contribution in [0, 0.1) is 12.3 Å². The number of methoxy groups -OCH3 is 1. The molecule has 98 valence electrons. The van der Waals surface area contributed by atoms with Crippen LogP contribution >= 0.6 is 11.8 Å². The zero-order chi connectivity index (χ0) is 13.1. The van der Waals surface area contributed by atoms with E-state index in [0.717, 1.165) is 38.3 Å². The molecule has 0 heterocycles. The van der Waals surface area contributed by atoms with Gasteiger partial charge in [-0.15, -0.1) is 24.1 Å². The molecule has 1 aromatic rings. The van der Waals surface area contributed by atoms with Gasteiger partial charge in [0.1, 0.15) is 0 Å². The van der Waals surface area contributed by atoms with Gasteiger partial charge in [0.05, 0.1) is 6.61 Å². The van der Waals surface area contributed by atoms with Gasteiger partial charge in [-0.05, 0) is 29.9 Å². The lowest BCUT2D eigenvalue weighted by Gasteiger charge is -2.06. The van der Waals surface area contributed by atoms with Crippen molar-refractivity contribution in [3.63, 3.8) is 0 Å². The van der Waals surface area contributed by atoms with Crippen LogP contribution in [-0.2, 0) is 11.3 Å². The number of unbranched alkanes of at least 4 members (excludes halogenated alkanes) is 1. The summed E-state index contributed by atoms with van der Waals surface area (Å²) in [4.78, 5) is 1.32.